The minimum Gasteiger partial charge on any atom is -0.310 e. The van der Waals surface area contributed by atoms with E-state index in [1.54, 1.807) is 0 Å². The standard InChI is InChI=1S/C43H37N3/c1-5-11-34(6-2)46-41-15-10-8-13-36(41)38-25-32(21-23-42(38)46)33-20-22-37-35-12-7-9-14-40(35)45(43(37)26-33)29(4)24-28(3)30-16-18-31(19-17-30)39-27-44-39/h5-26,39,44H,4,27H2,1-3H3/b11-5-,28-24+,34-6+. The van der Waals surface area contributed by atoms with E-state index in [0.717, 1.165) is 17.8 Å². The van der Waals surface area contributed by atoms with Gasteiger partial charge in [0.1, 0.15) is 0 Å². The van der Waals surface area contributed by atoms with Crippen LogP contribution in [0, 0.1) is 0 Å². The van der Waals surface area contributed by atoms with E-state index < -0.39 is 0 Å². The highest BCUT2D eigenvalue weighted by molar-refractivity contribution is 6.13. The minimum atomic E-state index is 0.517. The molecule has 224 valence electrons. The summed E-state index contributed by atoms with van der Waals surface area (Å²) in [5, 5.41) is 8.37. The lowest BCUT2D eigenvalue weighted by Crippen LogP contribution is -1.95. The van der Waals surface area contributed by atoms with Gasteiger partial charge in [-0.1, -0.05) is 97.6 Å². The number of fused-ring (bicyclic) bond motifs is 6. The van der Waals surface area contributed by atoms with Crippen LogP contribution in [0.4, 0.5) is 0 Å². The molecule has 8 rings (SSSR count). The van der Waals surface area contributed by atoms with Crippen LogP contribution in [0.3, 0.4) is 0 Å². The molecule has 3 heteroatoms. The summed E-state index contributed by atoms with van der Waals surface area (Å²) in [4.78, 5) is 0. The summed E-state index contributed by atoms with van der Waals surface area (Å²) in [6.07, 6.45) is 8.67. The fraction of sp³-hybridized carbons (Fsp3) is 0.116. The molecule has 1 aliphatic rings. The van der Waals surface area contributed by atoms with Crippen molar-refractivity contribution in [2.75, 3.05) is 6.54 Å². The topological polar surface area (TPSA) is 31.8 Å². The number of benzene rings is 5. The van der Waals surface area contributed by atoms with Gasteiger partial charge in [0.25, 0.3) is 0 Å². The number of nitrogens with zero attached hydrogens (tertiary/aromatic N) is 2. The van der Waals surface area contributed by atoms with Crippen molar-refractivity contribution < 1.29 is 0 Å². The molecule has 1 aliphatic heterocycles. The summed E-state index contributed by atoms with van der Waals surface area (Å²) >= 11 is 0. The first-order valence-electron chi connectivity index (χ1n) is 16.1. The van der Waals surface area contributed by atoms with Crippen LogP contribution < -0.4 is 5.32 Å². The van der Waals surface area contributed by atoms with E-state index in [-0.39, 0.29) is 0 Å². The molecule has 1 unspecified atom stereocenters. The van der Waals surface area contributed by atoms with Crippen LogP contribution in [0.5, 0.6) is 0 Å². The zero-order chi connectivity index (χ0) is 31.4. The fourth-order valence-corrected chi connectivity index (χ4v) is 7.03. The quantitative estimate of drug-likeness (QED) is 0.144. The number of hydrogen-bond acceptors (Lipinski definition) is 1. The van der Waals surface area contributed by atoms with E-state index in [9.17, 15) is 0 Å². The molecule has 0 saturated carbocycles. The zero-order valence-electron chi connectivity index (χ0n) is 26.6. The third-order valence-corrected chi connectivity index (χ3v) is 9.42. The molecule has 1 N–H and O–H groups in total. The van der Waals surface area contributed by atoms with Gasteiger partial charge in [-0.05, 0) is 91.1 Å². The van der Waals surface area contributed by atoms with E-state index >= 15 is 0 Å². The molecule has 1 fully saturated rings. The Labute approximate surface area is 270 Å². The molecule has 0 radical (unpaired) electrons. The number of para-hydroxylation sites is 2. The second kappa shape index (κ2) is 11.2. The lowest BCUT2D eigenvalue weighted by atomic mass is 10.0. The Morgan fingerprint density at radius 3 is 2.00 bits per heavy atom. The third-order valence-electron chi connectivity index (χ3n) is 9.42. The Hall–Kier alpha value is -5.38. The lowest BCUT2D eigenvalue weighted by Gasteiger charge is -2.11. The molecule has 0 bridgehead atoms. The van der Waals surface area contributed by atoms with Gasteiger partial charge < -0.3 is 14.5 Å². The highest BCUT2D eigenvalue weighted by Gasteiger charge is 2.22. The van der Waals surface area contributed by atoms with E-state index in [1.807, 2.05) is 0 Å². The van der Waals surface area contributed by atoms with Crippen LogP contribution in [0.1, 0.15) is 37.9 Å². The Bertz CT molecular complexity index is 2400. The second-order valence-corrected chi connectivity index (χ2v) is 12.3. The first-order chi connectivity index (χ1) is 22.6. The van der Waals surface area contributed by atoms with Crippen molar-refractivity contribution in [3.63, 3.8) is 0 Å². The van der Waals surface area contributed by atoms with Crippen LogP contribution in [0.25, 0.3) is 71.7 Å². The zero-order valence-corrected chi connectivity index (χ0v) is 26.6. The van der Waals surface area contributed by atoms with Gasteiger partial charge in [0.15, 0.2) is 0 Å². The first-order valence-corrected chi connectivity index (χ1v) is 16.1. The summed E-state index contributed by atoms with van der Waals surface area (Å²) in [5.41, 5.74) is 13.0. The Morgan fingerprint density at radius 1 is 0.696 bits per heavy atom. The average Bonchev–Trinajstić information content (AvgIpc) is 3.83. The first kappa shape index (κ1) is 28.1. The van der Waals surface area contributed by atoms with Gasteiger partial charge in [0, 0.05) is 45.5 Å². The van der Waals surface area contributed by atoms with E-state index in [1.165, 1.54) is 71.6 Å². The van der Waals surface area contributed by atoms with Crippen molar-refractivity contribution >= 4 is 60.6 Å². The van der Waals surface area contributed by atoms with Crippen molar-refractivity contribution in [2.24, 2.45) is 0 Å². The molecule has 5 aromatic carbocycles. The molecule has 3 nitrogen and oxygen atoms in total. The van der Waals surface area contributed by atoms with Crippen molar-refractivity contribution in [2.45, 2.75) is 26.8 Å². The Morgan fingerprint density at radius 2 is 1.30 bits per heavy atom. The molecule has 1 atom stereocenters. The van der Waals surface area contributed by atoms with Crippen LogP contribution >= 0.6 is 0 Å². The van der Waals surface area contributed by atoms with Gasteiger partial charge in [0.2, 0.25) is 0 Å². The highest BCUT2D eigenvalue weighted by Crippen LogP contribution is 2.38. The molecule has 7 aromatic rings. The average molecular weight is 596 g/mol. The number of allylic oxidation sites excluding steroid dienone is 7. The van der Waals surface area contributed by atoms with Gasteiger partial charge in [0.05, 0.1) is 22.1 Å². The smallest absolute Gasteiger partial charge is 0.0547 e. The van der Waals surface area contributed by atoms with Crippen LogP contribution in [-0.4, -0.2) is 15.7 Å². The molecule has 1 saturated heterocycles. The molecular weight excluding hydrogens is 558 g/mol. The van der Waals surface area contributed by atoms with Crippen molar-refractivity contribution in [1.29, 1.82) is 0 Å². The second-order valence-electron chi connectivity index (χ2n) is 12.3. The summed E-state index contributed by atoms with van der Waals surface area (Å²) in [7, 11) is 0. The molecule has 46 heavy (non-hydrogen) atoms. The molecule has 2 aromatic heterocycles. The van der Waals surface area contributed by atoms with Gasteiger partial charge >= 0.3 is 0 Å². The SMILES string of the molecule is C=C(/C=C(\C)c1ccc(C2CN2)cc1)n1c2ccccc2c2ccc(-c3ccc4c(c3)c3ccccc3n4C(/C=C\C)=C/C)cc21. The molecule has 0 spiro atoms. The maximum absolute atomic E-state index is 4.60. The van der Waals surface area contributed by atoms with Gasteiger partial charge in [-0.2, -0.15) is 0 Å². The molecule has 0 aliphatic carbocycles. The predicted molar refractivity (Wildman–Crippen MR) is 199 cm³/mol. The van der Waals surface area contributed by atoms with Gasteiger partial charge in [-0.3, -0.25) is 0 Å². The normalized spacial score (nSPS) is 15.6. The fourth-order valence-electron chi connectivity index (χ4n) is 7.03. The summed E-state index contributed by atoms with van der Waals surface area (Å²) in [6, 6.07) is 40.5. The number of rotatable bonds is 7. The van der Waals surface area contributed by atoms with E-state index in [4.69, 9.17) is 0 Å². The summed E-state index contributed by atoms with van der Waals surface area (Å²) < 4.78 is 4.69. The molecular formula is C43H37N3. The molecule has 0 amide bonds. The van der Waals surface area contributed by atoms with Gasteiger partial charge in [-0.15, -0.1) is 0 Å². The van der Waals surface area contributed by atoms with Crippen LogP contribution in [0.2, 0.25) is 0 Å². The summed E-state index contributed by atoms with van der Waals surface area (Å²) in [5.74, 6) is 0. The van der Waals surface area contributed by atoms with E-state index in [2.05, 4.69) is 175 Å². The number of hydrogen-bond donors (Lipinski definition) is 1. The third kappa shape index (κ3) is 4.63. The van der Waals surface area contributed by atoms with E-state index in [0.29, 0.717) is 6.04 Å². The van der Waals surface area contributed by atoms with Crippen LogP contribution in [0.15, 0.2) is 140 Å². The monoisotopic (exact) mass is 595 g/mol. The largest absolute Gasteiger partial charge is 0.310 e. The highest BCUT2D eigenvalue weighted by atomic mass is 15.1. The number of nitrogens with one attached hydrogen (secondary N) is 1. The predicted octanol–water partition coefficient (Wildman–Crippen LogP) is 11.2. The van der Waals surface area contributed by atoms with Crippen molar-refractivity contribution in [3.8, 4) is 11.1 Å². The van der Waals surface area contributed by atoms with Crippen molar-refractivity contribution in [1.82, 2.24) is 14.5 Å². The van der Waals surface area contributed by atoms with Crippen LogP contribution in [-0.2, 0) is 0 Å². The van der Waals surface area contributed by atoms with Gasteiger partial charge in [-0.25, -0.2) is 0 Å². The maximum atomic E-state index is 4.60. The minimum absolute atomic E-state index is 0.517. The molecule has 3 heterocycles. The number of aromatic nitrogens is 2. The summed E-state index contributed by atoms with van der Waals surface area (Å²) in [6.45, 7) is 12.0. The maximum Gasteiger partial charge on any atom is 0.0547 e. The Kier molecular flexibility index (Phi) is 6.85. The van der Waals surface area contributed by atoms with Crippen molar-refractivity contribution in [3.05, 3.63) is 151 Å². The lowest BCUT2D eigenvalue weighted by molar-refractivity contribution is 1.08. The Balaban J connectivity index is 1.26.